The van der Waals surface area contributed by atoms with Crippen LogP contribution in [0.25, 0.3) is 0 Å². The maximum absolute atomic E-state index is 14.0. The first-order valence-corrected chi connectivity index (χ1v) is 18.5. The lowest BCUT2D eigenvalue weighted by molar-refractivity contribution is 0.0980. The van der Waals surface area contributed by atoms with Gasteiger partial charge in [-0.25, -0.2) is 0 Å². The molecular formula is C34H30ClN7O8S2. The molecule has 0 saturated heterocycles. The number of hydrogen-bond acceptors (Lipinski definition) is 15. The van der Waals surface area contributed by atoms with E-state index in [1.165, 1.54) is 26.0 Å². The first-order valence-electron chi connectivity index (χ1n) is 15.3. The van der Waals surface area contributed by atoms with Crippen LogP contribution in [-0.4, -0.2) is 57.6 Å². The highest BCUT2D eigenvalue weighted by atomic mass is 35.5. The van der Waals surface area contributed by atoms with E-state index >= 15 is 0 Å². The van der Waals surface area contributed by atoms with Gasteiger partial charge in [-0.1, -0.05) is 42.5 Å². The Labute approximate surface area is 303 Å². The van der Waals surface area contributed by atoms with Gasteiger partial charge in [-0.05, 0) is 67.3 Å². The third kappa shape index (κ3) is 6.33. The highest BCUT2D eigenvalue weighted by molar-refractivity contribution is 7.87. The molecule has 0 amide bonds. The number of nitrogen functional groups attached to an aromatic ring is 1. The molecule has 0 atom stereocenters. The molecule has 1 aliphatic rings. The molecule has 0 unspecified atom stereocenters. The van der Waals surface area contributed by atoms with Crippen molar-refractivity contribution < 1.29 is 34.8 Å². The van der Waals surface area contributed by atoms with Gasteiger partial charge in [0.2, 0.25) is 17.2 Å². The van der Waals surface area contributed by atoms with Crippen LogP contribution in [0.4, 0.5) is 40.3 Å². The number of fused-ring (bicyclic) bond motifs is 2. The van der Waals surface area contributed by atoms with Gasteiger partial charge < -0.3 is 21.7 Å². The molecule has 5 N–H and O–H groups in total. The van der Waals surface area contributed by atoms with Gasteiger partial charge in [-0.2, -0.15) is 31.8 Å². The molecule has 5 aromatic rings. The molecular weight excluding hydrogens is 734 g/mol. The number of ketones is 2. The van der Waals surface area contributed by atoms with Crippen LogP contribution in [0.5, 0.6) is 0 Å². The van der Waals surface area contributed by atoms with Gasteiger partial charge >= 0.3 is 0 Å². The standard InChI is InChI=1S/C34H30ClN7O8S2/c1-16-27(38-22-15-23(51(45,46)49-4)26(36)25-24(22)29(43)20-13-9-10-14-21(20)30(25)44)17(2)31(52(47,48)50-5)18(3)28(16)39-34-41-32(35)40-33(42-34)37-19-11-7-6-8-12-19/h6-15,38H,36H2,1-5H3,(H2,37,39,40,41,42). The Bertz CT molecular complexity index is 2550. The fraction of sp³-hybridized carbons (Fsp3) is 0.147. The van der Waals surface area contributed by atoms with Crippen LogP contribution in [-0.2, 0) is 28.6 Å². The molecule has 0 aliphatic heterocycles. The highest BCUT2D eigenvalue weighted by Gasteiger charge is 2.37. The second kappa shape index (κ2) is 13.6. The molecule has 52 heavy (non-hydrogen) atoms. The molecule has 0 saturated carbocycles. The lowest BCUT2D eigenvalue weighted by Crippen LogP contribution is -2.25. The van der Waals surface area contributed by atoms with Crippen LogP contribution in [0.1, 0.15) is 48.5 Å². The second-order valence-corrected chi connectivity index (χ2v) is 15.1. The first-order chi connectivity index (χ1) is 24.6. The maximum Gasteiger partial charge on any atom is 0.298 e. The number of rotatable bonds is 10. The fourth-order valence-corrected chi connectivity index (χ4v) is 8.17. The smallest absolute Gasteiger partial charge is 0.298 e. The van der Waals surface area contributed by atoms with Crippen LogP contribution < -0.4 is 21.7 Å². The van der Waals surface area contributed by atoms with Crippen LogP contribution in [0, 0.1) is 20.8 Å². The van der Waals surface area contributed by atoms with E-state index < -0.39 is 42.4 Å². The molecule has 1 aliphatic carbocycles. The quantitative estimate of drug-likeness (QED) is 0.0969. The molecule has 268 valence electrons. The van der Waals surface area contributed by atoms with Crippen LogP contribution in [0.2, 0.25) is 5.28 Å². The van der Waals surface area contributed by atoms with Gasteiger partial charge in [0.15, 0.2) is 11.6 Å². The molecule has 0 radical (unpaired) electrons. The Balaban J connectivity index is 1.58. The number of aromatic nitrogens is 3. The van der Waals surface area contributed by atoms with Crippen molar-refractivity contribution in [2.45, 2.75) is 30.6 Å². The summed E-state index contributed by atoms with van der Waals surface area (Å²) in [6.45, 7) is 4.68. The Kier molecular flexibility index (Phi) is 9.49. The number of carbonyl (C=O) groups is 2. The lowest BCUT2D eigenvalue weighted by Gasteiger charge is -2.26. The van der Waals surface area contributed by atoms with Crippen LogP contribution in [0.15, 0.2) is 70.5 Å². The van der Waals surface area contributed by atoms with E-state index in [2.05, 4.69) is 30.9 Å². The fourth-order valence-electron chi connectivity index (χ4n) is 6.08. The van der Waals surface area contributed by atoms with E-state index in [0.29, 0.717) is 11.3 Å². The van der Waals surface area contributed by atoms with Crippen molar-refractivity contribution in [1.82, 2.24) is 15.0 Å². The minimum Gasteiger partial charge on any atom is -0.397 e. The summed E-state index contributed by atoms with van der Waals surface area (Å²) >= 11 is 6.26. The van der Waals surface area contributed by atoms with E-state index in [0.717, 1.165) is 20.3 Å². The molecule has 15 nitrogen and oxygen atoms in total. The third-order valence-electron chi connectivity index (χ3n) is 8.47. The topological polar surface area (TPSA) is 222 Å². The van der Waals surface area contributed by atoms with E-state index in [1.54, 1.807) is 31.2 Å². The van der Waals surface area contributed by atoms with Gasteiger partial charge in [0.25, 0.3) is 20.2 Å². The second-order valence-electron chi connectivity index (χ2n) is 11.5. The Morgan fingerprint density at radius 1 is 0.673 bits per heavy atom. The SMILES string of the molecule is COS(=O)(=O)c1cc(Nc2c(C)c(Nc3nc(Cl)nc(Nc4ccccc4)n3)c(C)c(S(=O)(=O)OC)c2C)c2c(c1N)C(=O)c1ccccc1C2=O. The third-order valence-corrected chi connectivity index (χ3v) is 11.5. The minimum absolute atomic E-state index is 0.0319. The molecule has 0 fully saturated rings. The molecule has 18 heteroatoms. The Morgan fingerprint density at radius 2 is 1.19 bits per heavy atom. The van der Waals surface area contributed by atoms with E-state index in [1.807, 2.05) is 18.2 Å². The van der Waals surface area contributed by atoms with E-state index in [4.69, 9.17) is 25.7 Å². The van der Waals surface area contributed by atoms with Crippen LogP contribution >= 0.6 is 11.6 Å². The summed E-state index contributed by atoms with van der Waals surface area (Å²) in [7, 11) is -7.02. The van der Waals surface area contributed by atoms with Gasteiger partial charge in [0.05, 0.1) is 42.4 Å². The van der Waals surface area contributed by atoms with Crippen molar-refractivity contribution in [2.75, 3.05) is 35.9 Å². The van der Waals surface area contributed by atoms with Gasteiger partial charge in [0.1, 0.15) is 9.79 Å². The number of halogens is 1. The molecule has 4 aromatic carbocycles. The summed E-state index contributed by atoms with van der Waals surface area (Å²) in [5.74, 6) is -1.28. The number of carbonyl (C=O) groups excluding carboxylic acids is 2. The molecule has 1 heterocycles. The van der Waals surface area contributed by atoms with Gasteiger partial charge in [-0.15, -0.1) is 0 Å². The Morgan fingerprint density at radius 3 is 1.77 bits per heavy atom. The largest absolute Gasteiger partial charge is 0.397 e. The predicted octanol–water partition coefficient (Wildman–Crippen LogP) is 5.71. The highest BCUT2D eigenvalue weighted by Crippen LogP contribution is 2.44. The average Bonchev–Trinajstić information content (AvgIpc) is 3.11. The van der Waals surface area contributed by atoms with E-state index in [-0.39, 0.29) is 72.5 Å². The summed E-state index contributed by atoms with van der Waals surface area (Å²) in [4.78, 5) is 39.7. The van der Waals surface area contributed by atoms with E-state index in [9.17, 15) is 26.4 Å². The first kappa shape index (κ1) is 36.3. The zero-order chi connectivity index (χ0) is 37.7. The number of benzene rings is 4. The number of nitrogens with zero attached hydrogens (tertiary/aromatic N) is 3. The number of anilines is 7. The zero-order valence-corrected chi connectivity index (χ0v) is 30.5. The summed E-state index contributed by atoms with van der Waals surface area (Å²) in [6, 6.07) is 16.1. The summed E-state index contributed by atoms with van der Waals surface area (Å²) in [5, 5.41) is 8.95. The Hall–Kier alpha value is -5.46. The monoisotopic (exact) mass is 763 g/mol. The van der Waals surface area contributed by atoms with Crippen molar-refractivity contribution in [1.29, 1.82) is 0 Å². The van der Waals surface area contributed by atoms with Crippen molar-refractivity contribution in [3.63, 3.8) is 0 Å². The van der Waals surface area contributed by atoms with Crippen molar-refractivity contribution in [3.8, 4) is 0 Å². The molecule has 0 spiro atoms. The maximum atomic E-state index is 14.0. The number of nitrogens with one attached hydrogen (secondary N) is 3. The van der Waals surface area contributed by atoms with Crippen LogP contribution in [0.3, 0.4) is 0 Å². The molecule has 6 rings (SSSR count). The minimum atomic E-state index is -4.54. The van der Waals surface area contributed by atoms with Gasteiger partial charge in [-0.3, -0.25) is 18.0 Å². The molecule has 1 aromatic heterocycles. The predicted molar refractivity (Wildman–Crippen MR) is 194 cm³/mol. The zero-order valence-electron chi connectivity index (χ0n) is 28.2. The number of nitrogens with two attached hydrogens (primary N) is 1. The van der Waals surface area contributed by atoms with Crippen molar-refractivity contribution in [2.24, 2.45) is 0 Å². The van der Waals surface area contributed by atoms with Crippen molar-refractivity contribution in [3.05, 3.63) is 105 Å². The van der Waals surface area contributed by atoms with Gasteiger partial charge in [0, 0.05) is 22.5 Å². The van der Waals surface area contributed by atoms with Crippen molar-refractivity contribution >= 4 is 83.7 Å². The summed E-state index contributed by atoms with van der Waals surface area (Å²) in [5.41, 5.74) is 6.86. The summed E-state index contributed by atoms with van der Waals surface area (Å²) < 4.78 is 62.8. The average molecular weight is 764 g/mol. The summed E-state index contributed by atoms with van der Waals surface area (Å²) in [6.07, 6.45) is 0. The molecule has 0 bridgehead atoms. The number of para-hydroxylation sites is 1. The number of hydrogen-bond donors (Lipinski definition) is 4. The normalized spacial score (nSPS) is 12.7. The lowest BCUT2D eigenvalue weighted by atomic mass is 9.82.